The molecule has 0 saturated heterocycles. The summed E-state index contributed by atoms with van der Waals surface area (Å²) in [6.45, 7) is 2.04. The smallest absolute Gasteiger partial charge is 0.356 e. The van der Waals surface area contributed by atoms with Crippen molar-refractivity contribution in [2.24, 2.45) is 0 Å². The number of carboxylic acids is 1. The number of aromatic carboxylic acids is 1. The van der Waals surface area contributed by atoms with Gasteiger partial charge in [-0.25, -0.2) is 9.78 Å². The Balaban J connectivity index is 2.30. The highest BCUT2D eigenvalue weighted by Gasteiger charge is 2.17. The number of non-ortho nitro benzene ring substituents is 1. The van der Waals surface area contributed by atoms with E-state index in [4.69, 9.17) is 5.11 Å². The molecule has 104 valence electrons. The van der Waals surface area contributed by atoms with Crippen LogP contribution >= 0.6 is 15.9 Å². The Morgan fingerprint density at radius 2 is 2.05 bits per heavy atom. The summed E-state index contributed by atoms with van der Waals surface area (Å²) in [6, 6.07) is 6.08. The second-order valence-corrected chi connectivity index (χ2v) is 4.84. The van der Waals surface area contributed by atoms with Gasteiger partial charge in [-0.3, -0.25) is 10.1 Å². The number of nitro benzene ring substituents is 1. The first-order chi connectivity index (χ1) is 9.40. The van der Waals surface area contributed by atoms with Gasteiger partial charge in [-0.1, -0.05) is 12.1 Å². The lowest BCUT2D eigenvalue weighted by atomic mass is 10.2. The predicted molar refractivity (Wildman–Crippen MR) is 73.8 cm³/mol. The summed E-state index contributed by atoms with van der Waals surface area (Å²) in [5.41, 5.74) is 1.33. The van der Waals surface area contributed by atoms with E-state index in [-0.39, 0.29) is 11.4 Å². The third kappa shape index (κ3) is 2.69. The summed E-state index contributed by atoms with van der Waals surface area (Å²) in [5, 5.41) is 19.6. The maximum Gasteiger partial charge on any atom is 0.356 e. The van der Waals surface area contributed by atoms with Crippen LogP contribution in [0.15, 0.2) is 29.0 Å². The van der Waals surface area contributed by atoms with Crippen LogP contribution < -0.4 is 0 Å². The second kappa shape index (κ2) is 5.41. The summed E-state index contributed by atoms with van der Waals surface area (Å²) < 4.78 is 2.09. The van der Waals surface area contributed by atoms with E-state index in [9.17, 15) is 14.9 Å². The van der Waals surface area contributed by atoms with Crippen molar-refractivity contribution in [3.63, 3.8) is 0 Å². The van der Waals surface area contributed by atoms with Crippen LogP contribution in [-0.4, -0.2) is 25.6 Å². The van der Waals surface area contributed by atoms with Gasteiger partial charge in [0.2, 0.25) is 0 Å². The molecule has 8 heteroatoms. The van der Waals surface area contributed by atoms with Crippen molar-refractivity contribution in [2.75, 3.05) is 0 Å². The van der Waals surface area contributed by atoms with E-state index in [2.05, 4.69) is 20.9 Å². The number of nitro groups is 1. The second-order valence-electron chi connectivity index (χ2n) is 4.13. The summed E-state index contributed by atoms with van der Waals surface area (Å²) in [4.78, 5) is 25.0. The van der Waals surface area contributed by atoms with E-state index in [1.807, 2.05) is 0 Å². The Morgan fingerprint density at radius 1 is 1.45 bits per heavy atom. The molecular weight excluding hydrogens is 330 g/mol. The van der Waals surface area contributed by atoms with Crippen LogP contribution in [0.25, 0.3) is 0 Å². The minimum atomic E-state index is -1.09. The monoisotopic (exact) mass is 339 g/mol. The van der Waals surface area contributed by atoms with Crippen molar-refractivity contribution >= 4 is 27.6 Å². The molecule has 0 spiro atoms. The summed E-state index contributed by atoms with van der Waals surface area (Å²) >= 11 is 3.21. The van der Waals surface area contributed by atoms with Gasteiger partial charge in [-0.2, -0.15) is 0 Å². The molecule has 0 aliphatic carbocycles. The zero-order chi connectivity index (χ0) is 14.9. The van der Waals surface area contributed by atoms with Crippen molar-refractivity contribution in [1.29, 1.82) is 0 Å². The Labute approximate surface area is 122 Å². The van der Waals surface area contributed by atoms with E-state index < -0.39 is 10.9 Å². The number of hydrogen-bond donors (Lipinski definition) is 1. The Bertz CT molecular complexity index is 679. The van der Waals surface area contributed by atoms with Crippen molar-refractivity contribution in [1.82, 2.24) is 9.55 Å². The van der Waals surface area contributed by atoms with Crippen LogP contribution in [0, 0.1) is 17.0 Å². The molecule has 0 saturated carbocycles. The minimum Gasteiger partial charge on any atom is -0.476 e. The lowest BCUT2D eigenvalue weighted by molar-refractivity contribution is -0.384. The number of rotatable bonds is 4. The number of carboxylic acid groups (broad SMARTS) is 1. The first-order valence-corrected chi connectivity index (χ1v) is 6.38. The van der Waals surface area contributed by atoms with Gasteiger partial charge in [0.15, 0.2) is 10.4 Å². The molecule has 0 fully saturated rings. The van der Waals surface area contributed by atoms with Gasteiger partial charge >= 0.3 is 5.97 Å². The van der Waals surface area contributed by atoms with Crippen LogP contribution in [0.1, 0.15) is 21.7 Å². The molecule has 1 heterocycles. The highest BCUT2D eigenvalue weighted by atomic mass is 79.9. The van der Waals surface area contributed by atoms with E-state index in [1.54, 1.807) is 23.6 Å². The average Bonchev–Trinajstić information content (AvgIpc) is 2.67. The molecule has 20 heavy (non-hydrogen) atoms. The first kappa shape index (κ1) is 14.2. The molecule has 1 aromatic carbocycles. The molecule has 0 atom stereocenters. The molecule has 1 N–H and O–H groups in total. The molecule has 1 aromatic heterocycles. The fraction of sp³-hybridized carbons (Fsp3) is 0.167. The van der Waals surface area contributed by atoms with Gasteiger partial charge in [-0.15, -0.1) is 0 Å². The third-order valence-corrected chi connectivity index (χ3v) is 3.47. The molecule has 0 radical (unpaired) electrons. The zero-order valence-corrected chi connectivity index (χ0v) is 12.0. The normalized spacial score (nSPS) is 10.5. The van der Waals surface area contributed by atoms with Gasteiger partial charge in [0.05, 0.1) is 10.6 Å². The summed E-state index contributed by atoms with van der Waals surface area (Å²) in [6.07, 6.45) is 0. The molecule has 2 aromatic rings. The molecule has 0 amide bonds. The van der Waals surface area contributed by atoms with E-state index >= 15 is 0 Å². The standard InChI is InChI=1S/C12H10BrN3O4/c1-7-10(11(17)18)14-12(13)15(7)6-8-2-4-9(5-3-8)16(19)20/h2-5H,6H2,1H3,(H,17,18). The van der Waals surface area contributed by atoms with Crippen molar-refractivity contribution in [3.05, 3.63) is 56.1 Å². The average molecular weight is 340 g/mol. The number of carbonyl (C=O) groups is 1. The van der Waals surface area contributed by atoms with E-state index in [0.29, 0.717) is 17.0 Å². The highest BCUT2D eigenvalue weighted by Crippen LogP contribution is 2.19. The van der Waals surface area contributed by atoms with Gasteiger partial charge in [0.25, 0.3) is 5.69 Å². The quantitative estimate of drug-likeness (QED) is 0.681. The molecule has 7 nitrogen and oxygen atoms in total. The number of aromatic nitrogens is 2. The molecule has 2 rings (SSSR count). The molecule has 0 aliphatic heterocycles. The summed E-state index contributed by atoms with van der Waals surface area (Å²) in [5.74, 6) is -1.09. The minimum absolute atomic E-state index is 0.0150. The van der Waals surface area contributed by atoms with E-state index in [0.717, 1.165) is 5.56 Å². The van der Waals surface area contributed by atoms with Crippen LogP contribution in [0.3, 0.4) is 0 Å². The number of imidazole rings is 1. The first-order valence-electron chi connectivity index (χ1n) is 5.59. The maximum atomic E-state index is 11.0. The predicted octanol–water partition coefficient (Wildman–Crippen LogP) is 2.61. The Morgan fingerprint density at radius 3 is 2.50 bits per heavy atom. The van der Waals surface area contributed by atoms with Crippen molar-refractivity contribution in [3.8, 4) is 0 Å². The van der Waals surface area contributed by atoms with Crippen LogP contribution in [0.2, 0.25) is 0 Å². The SMILES string of the molecule is Cc1c(C(=O)O)nc(Br)n1Cc1ccc([N+](=O)[O-])cc1. The highest BCUT2D eigenvalue weighted by molar-refractivity contribution is 9.10. The largest absolute Gasteiger partial charge is 0.476 e. The van der Waals surface area contributed by atoms with Gasteiger partial charge in [0, 0.05) is 18.7 Å². The van der Waals surface area contributed by atoms with Gasteiger partial charge in [0.1, 0.15) is 0 Å². The van der Waals surface area contributed by atoms with E-state index in [1.165, 1.54) is 12.1 Å². The third-order valence-electron chi connectivity index (χ3n) is 2.86. The molecular formula is C12H10BrN3O4. The number of nitrogens with zero attached hydrogens (tertiary/aromatic N) is 3. The van der Waals surface area contributed by atoms with Crippen molar-refractivity contribution < 1.29 is 14.8 Å². The molecule has 0 aliphatic rings. The number of hydrogen-bond acceptors (Lipinski definition) is 4. The van der Waals surface area contributed by atoms with Crippen molar-refractivity contribution in [2.45, 2.75) is 13.5 Å². The van der Waals surface area contributed by atoms with Gasteiger partial charge in [-0.05, 0) is 28.4 Å². The lowest BCUT2D eigenvalue weighted by Crippen LogP contribution is -2.05. The zero-order valence-electron chi connectivity index (χ0n) is 10.4. The lowest BCUT2D eigenvalue weighted by Gasteiger charge is -2.07. The Hall–Kier alpha value is -2.22. The number of benzene rings is 1. The fourth-order valence-corrected chi connectivity index (χ4v) is 2.36. The van der Waals surface area contributed by atoms with Crippen LogP contribution in [0.5, 0.6) is 0 Å². The maximum absolute atomic E-state index is 11.0. The molecule has 0 unspecified atom stereocenters. The van der Waals surface area contributed by atoms with Crippen LogP contribution in [-0.2, 0) is 6.54 Å². The Kier molecular flexibility index (Phi) is 3.84. The van der Waals surface area contributed by atoms with Gasteiger partial charge < -0.3 is 9.67 Å². The summed E-state index contributed by atoms with van der Waals surface area (Å²) in [7, 11) is 0. The fourth-order valence-electron chi connectivity index (χ4n) is 1.79. The number of halogens is 1. The topological polar surface area (TPSA) is 98.3 Å². The molecule has 0 bridgehead atoms. The van der Waals surface area contributed by atoms with Crippen LogP contribution in [0.4, 0.5) is 5.69 Å².